The third-order valence-corrected chi connectivity index (χ3v) is 3.85. The van der Waals surface area contributed by atoms with Crippen molar-refractivity contribution in [3.8, 4) is 11.1 Å². The van der Waals surface area contributed by atoms with Gasteiger partial charge in [0, 0.05) is 0 Å². The molecule has 0 unspecified atom stereocenters. The molecule has 23 heavy (non-hydrogen) atoms. The molecule has 2 rings (SSSR count). The number of rotatable bonds is 5. The maximum Gasteiger partial charge on any atom is 0.402 e. The molecule has 2 aromatic rings. The van der Waals surface area contributed by atoms with E-state index >= 15 is 0 Å². The zero-order chi connectivity index (χ0) is 17.1. The number of benzene rings is 2. The molecule has 0 heterocycles. The summed E-state index contributed by atoms with van der Waals surface area (Å²) in [5, 5.41) is -4.57. The summed E-state index contributed by atoms with van der Waals surface area (Å²) in [6.45, 7) is -1.77. The minimum atomic E-state index is -5.65. The molecule has 1 N–H and O–H groups in total. The third-order valence-electron chi connectivity index (χ3n) is 2.98. The Bertz CT molecular complexity index is 804. The maximum atomic E-state index is 13.1. The second-order valence-electron chi connectivity index (χ2n) is 4.60. The van der Waals surface area contributed by atoms with E-state index < -0.39 is 27.9 Å². The Balaban J connectivity index is 2.25. The predicted molar refractivity (Wildman–Crippen MR) is 78.7 cm³/mol. The molecule has 0 saturated heterocycles. The number of esters is 1. The van der Waals surface area contributed by atoms with E-state index in [9.17, 15) is 22.0 Å². The molecule has 0 atom stereocenters. The fourth-order valence-electron chi connectivity index (χ4n) is 1.83. The van der Waals surface area contributed by atoms with Crippen LogP contribution in [0.25, 0.3) is 11.1 Å². The van der Waals surface area contributed by atoms with Gasteiger partial charge < -0.3 is 4.74 Å². The first-order chi connectivity index (χ1) is 10.7. The van der Waals surface area contributed by atoms with Crippen LogP contribution in [-0.2, 0) is 14.9 Å². The van der Waals surface area contributed by atoms with Gasteiger partial charge in [-0.1, -0.05) is 48.5 Å². The highest BCUT2D eigenvalue weighted by Crippen LogP contribution is 2.25. The van der Waals surface area contributed by atoms with Gasteiger partial charge in [-0.05, 0) is 17.2 Å². The number of hydrogen-bond acceptors (Lipinski definition) is 4. The summed E-state index contributed by atoms with van der Waals surface area (Å²) in [4.78, 5) is 12.0. The molecule has 0 aromatic heterocycles. The van der Waals surface area contributed by atoms with Gasteiger partial charge >= 0.3 is 21.3 Å². The van der Waals surface area contributed by atoms with Crippen LogP contribution in [0, 0.1) is 0 Å². The van der Waals surface area contributed by atoms with Gasteiger partial charge in [0.2, 0.25) is 0 Å². The summed E-state index contributed by atoms with van der Waals surface area (Å²) >= 11 is 0. The first-order valence-corrected chi connectivity index (χ1v) is 7.83. The fraction of sp³-hybridized carbons (Fsp3) is 0.133. The SMILES string of the molecule is O=C(OCC(F)(F)S(=O)(=O)O)c1ccccc1-c1ccccc1. The van der Waals surface area contributed by atoms with Crippen molar-refractivity contribution in [2.75, 3.05) is 6.61 Å². The molecule has 0 spiro atoms. The van der Waals surface area contributed by atoms with Crippen molar-refractivity contribution in [2.24, 2.45) is 0 Å². The van der Waals surface area contributed by atoms with E-state index in [1.807, 2.05) is 0 Å². The average molecular weight is 342 g/mol. The second-order valence-corrected chi connectivity index (χ2v) is 6.15. The van der Waals surface area contributed by atoms with Gasteiger partial charge in [0.05, 0.1) is 5.56 Å². The van der Waals surface area contributed by atoms with E-state index in [0.717, 1.165) is 0 Å². The van der Waals surface area contributed by atoms with Crippen molar-refractivity contribution >= 4 is 16.1 Å². The average Bonchev–Trinajstić information content (AvgIpc) is 2.52. The number of alkyl halides is 2. The number of carbonyl (C=O) groups is 1. The minimum absolute atomic E-state index is 0.00448. The van der Waals surface area contributed by atoms with Crippen molar-refractivity contribution < 1.29 is 31.3 Å². The van der Waals surface area contributed by atoms with Crippen LogP contribution in [-0.4, -0.2) is 30.8 Å². The Kier molecular flexibility index (Phi) is 4.76. The fourth-order valence-corrected chi connectivity index (χ4v) is 2.04. The maximum absolute atomic E-state index is 13.1. The highest BCUT2D eigenvalue weighted by Gasteiger charge is 2.45. The van der Waals surface area contributed by atoms with E-state index in [2.05, 4.69) is 4.74 Å². The molecular weight excluding hydrogens is 330 g/mol. The lowest BCUT2D eigenvalue weighted by molar-refractivity contribution is -0.00945. The van der Waals surface area contributed by atoms with E-state index in [0.29, 0.717) is 11.1 Å². The van der Waals surface area contributed by atoms with Crippen molar-refractivity contribution in [3.05, 3.63) is 60.2 Å². The van der Waals surface area contributed by atoms with Crippen molar-refractivity contribution in [1.29, 1.82) is 0 Å². The molecule has 0 bridgehead atoms. The van der Waals surface area contributed by atoms with Crippen LogP contribution in [0.1, 0.15) is 10.4 Å². The molecule has 5 nitrogen and oxygen atoms in total. The summed E-state index contributed by atoms with van der Waals surface area (Å²) in [5.74, 6) is -1.12. The molecule has 0 aliphatic heterocycles. The van der Waals surface area contributed by atoms with Crippen LogP contribution < -0.4 is 0 Å². The van der Waals surface area contributed by atoms with Crippen LogP contribution >= 0.6 is 0 Å². The zero-order valence-electron chi connectivity index (χ0n) is 11.6. The van der Waals surface area contributed by atoms with Crippen LogP contribution in [0.15, 0.2) is 54.6 Å². The first-order valence-electron chi connectivity index (χ1n) is 6.39. The first kappa shape index (κ1) is 17.0. The molecule has 0 aliphatic carbocycles. The third kappa shape index (κ3) is 3.91. The Hall–Kier alpha value is -2.32. The van der Waals surface area contributed by atoms with Gasteiger partial charge in [-0.3, -0.25) is 4.55 Å². The highest BCUT2D eigenvalue weighted by atomic mass is 32.2. The van der Waals surface area contributed by atoms with E-state index in [-0.39, 0.29) is 5.56 Å². The molecule has 0 aliphatic rings. The van der Waals surface area contributed by atoms with Gasteiger partial charge in [-0.2, -0.15) is 17.2 Å². The van der Waals surface area contributed by atoms with Crippen LogP contribution in [0.3, 0.4) is 0 Å². The number of halogens is 2. The summed E-state index contributed by atoms with van der Waals surface area (Å²) < 4.78 is 60.0. The lowest BCUT2D eigenvalue weighted by Gasteiger charge is -2.14. The quantitative estimate of drug-likeness (QED) is 0.667. The van der Waals surface area contributed by atoms with Crippen LogP contribution in [0.4, 0.5) is 8.78 Å². The predicted octanol–water partition coefficient (Wildman–Crippen LogP) is 2.99. The standard InChI is InChI=1S/C15H12F2O5S/c16-15(17,23(19,20)21)10-22-14(18)13-9-5-4-8-12(13)11-6-2-1-3-7-11/h1-9H,10H2,(H,19,20,21). The smallest absolute Gasteiger partial charge is 0.402 e. The van der Waals surface area contributed by atoms with Crippen LogP contribution in [0.2, 0.25) is 0 Å². The van der Waals surface area contributed by atoms with Gasteiger partial charge in [0.1, 0.15) is 0 Å². The van der Waals surface area contributed by atoms with Crippen molar-refractivity contribution in [3.63, 3.8) is 0 Å². The topological polar surface area (TPSA) is 80.7 Å². The van der Waals surface area contributed by atoms with Gasteiger partial charge in [0.15, 0.2) is 6.61 Å². The Morgan fingerprint density at radius 3 is 2.22 bits per heavy atom. The van der Waals surface area contributed by atoms with E-state index in [4.69, 9.17) is 4.55 Å². The zero-order valence-corrected chi connectivity index (χ0v) is 12.5. The monoisotopic (exact) mass is 342 g/mol. The van der Waals surface area contributed by atoms with E-state index in [1.54, 1.807) is 42.5 Å². The number of hydrogen-bond donors (Lipinski definition) is 1. The molecule has 122 valence electrons. The molecule has 0 saturated carbocycles. The Labute approximate surface area is 131 Å². The van der Waals surface area contributed by atoms with Gasteiger partial charge in [0.25, 0.3) is 0 Å². The van der Waals surface area contributed by atoms with E-state index in [1.165, 1.54) is 12.1 Å². The lowest BCUT2D eigenvalue weighted by Crippen LogP contribution is -2.34. The molecule has 0 amide bonds. The Morgan fingerprint density at radius 1 is 1.04 bits per heavy atom. The summed E-state index contributed by atoms with van der Waals surface area (Å²) in [6, 6.07) is 14.8. The highest BCUT2D eigenvalue weighted by molar-refractivity contribution is 7.86. The molecular formula is C15H12F2O5S. The number of carbonyl (C=O) groups excluding carboxylic acids is 1. The normalized spacial score (nSPS) is 12.0. The summed E-state index contributed by atoms with van der Waals surface area (Å²) in [6.07, 6.45) is 0. The van der Waals surface area contributed by atoms with Crippen molar-refractivity contribution in [2.45, 2.75) is 5.25 Å². The van der Waals surface area contributed by atoms with Crippen molar-refractivity contribution in [1.82, 2.24) is 0 Å². The minimum Gasteiger partial charge on any atom is -0.454 e. The molecule has 0 fully saturated rings. The molecule has 8 heteroatoms. The lowest BCUT2D eigenvalue weighted by atomic mass is 10.00. The second kappa shape index (κ2) is 6.43. The summed E-state index contributed by atoms with van der Waals surface area (Å²) in [7, 11) is -5.65. The number of ether oxygens (including phenoxy) is 1. The van der Waals surface area contributed by atoms with Gasteiger partial charge in [-0.15, -0.1) is 0 Å². The van der Waals surface area contributed by atoms with Crippen LogP contribution in [0.5, 0.6) is 0 Å². The summed E-state index contributed by atoms with van der Waals surface area (Å²) in [5.41, 5.74) is 1.12. The molecule has 2 aromatic carbocycles. The Morgan fingerprint density at radius 2 is 1.61 bits per heavy atom. The largest absolute Gasteiger partial charge is 0.454 e. The molecule has 0 radical (unpaired) electrons. The van der Waals surface area contributed by atoms with Gasteiger partial charge in [-0.25, -0.2) is 4.79 Å².